The Morgan fingerprint density at radius 1 is 1.31 bits per heavy atom. The van der Waals surface area contributed by atoms with Crippen LogP contribution in [0.1, 0.15) is 65.6 Å². The second-order valence-electron chi connectivity index (χ2n) is 10.4. The molecule has 10 nitrogen and oxygen atoms in total. The fourth-order valence-corrected chi connectivity index (χ4v) is 6.22. The Hall–Kier alpha value is -3.67. The highest BCUT2D eigenvalue weighted by Crippen LogP contribution is 2.45. The molecule has 2 aromatic heterocycles. The first-order chi connectivity index (χ1) is 18.6. The lowest BCUT2D eigenvalue weighted by atomic mass is 9.81. The number of rotatable bonds is 5. The summed E-state index contributed by atoms with van der Waals surface area (Å²) in [7, 11) is 0. The van der Waals surface area contributed by atoms with Crippen LogP contribution in [0.5, 0.6) is 0 Å². The van der Waals surface area contributed by atoms with E-state index in [9.17, 15) is 29.0 Å². The van der Waals surface area contributed by atoms with E-state index in [1.807, 2.05) is 0 Å². The molecular weight excluding hydrogens is 509 g/mol. The molecule has 11 heteroatoms. The first kappa shape index (κ1) is 25.6. The van der Waals surface area contributed by atoms with Crippen molar-refractivity contribution in [3.63, 3.8) is 0 Å². The second kappa shape index (κ2) is 8.94. The smallest absolute Gasteiger partial charge is 0.343 e. The van der Waals surface area contributed by atoms with Gasteiger partial charge in [-0.3, -0.25) is 9.59 Å². The lowest BCUT2D eigenvalue weighted by Crippen LogP contribution is -2.44. The van der Waals surface area contributed by atoms with Gasteiger partial charge in [0.05, 0.1) is 35.1 Å². The SMILES string of the molecule is CC[C@@]1(O)C(=O)OCc2c1cc1n(c2=O)Cc2c-1nc1cc(F)c(C)c3c1c2[C@@H](NC(=O)[C@H](O)CCO)CC3. The average molecular weight is 538 g/mol. The quantitative estimate of drug-likeness (QED) is 0.279. The minimum Gasteiger partial charge on any atom is -0.458 e. The number of aliphatic hydroxyl groups excluding tert-OH is 2. The van der Waals surface area contributed by atoms with E-state index in [4.69, 9.17) is 14.8 Å². The van der Waals surface area contributed by atoms with Crippen molar-refractivity contribution in [1.82, 2.24) is 14.9 Å². The predicted molar refractivity (Wildman–Crippen MR) is 136 cm³/mol. The summed E-state index contributed by atoms with van der Waals surface area (Å²) in [6.07, 6.45) is -0.605. The number of amides is 1. The molecule has 0 bridgehead atoms. The van der Waals surface area contributed by atoms with Gasteiger partial charge < -0.3 is 29.9 Å². The summed E-state index contributed by atoms with van der Waals surface area (Å²) in [5, 5.41) is 34.0. The largest absolute Gasteiger partial charge is 0.458 e. The van der Waals surface area contributed by atoms with E-state index in [1.54, 1.807) is 19.9 Å². The van der Waals surface area contributed by atoms with Crippen molar-refractivity contribution in [2.75, 3.05) is 6.61 Å². The van der Waals surface area contributed by atoms with Gasteiger partial charge in [-0.05, 0) is 48.9 Å². The summed E-state index contributed by atoms with van der Waals surface area (Å²) in [6, 6.07) is 2.37. The number of esters is 1. The normalized spacial score (nSPS) is 21.7. The summed E-state index contributed by atoms with van der Waals surface area (Å²) >= 11 is 0. The molecule has 3 aliphatic rings. The summed E-state index contributed by atoms with van der Waals surface area (Å²) in [6.45, 7) is 2.82. The van der Waals surface area contributed by atoms with Gasteiger partial charge in [0.2, 0.25) is 5.91 Å². The van der Waals surface area contributed by atoms with Gasteiger partial charge >= 0.3 is 5.97 Å². The van der Waals surface area contributed by atoms with Gasteiger partial charge in [0.15, 0.2) is 5.60 Å². The predicted octanol–water partition coefficient (Wildman–Crippen LogP) is 1.37. The molecule has 0 saturated heterocycles. The van der Waals surface area contributed by atoms with Crippen molar-refractivity contribution in [2.45, 2.75) is 70.4 Å². The van der Waals surface area contributed by atoms with Crippen molar-refractivity contribution < 1.29 is 34.0 Å². The molecule has 4 heterocycles. The number of fused-ring (bicyclic) bond motifs is 5. The van der Waals surface area contributed by atoms with E-state index >= 15 is 0 Å². The number of carbonyl (C=O) groups is 2. The highest BCUT2D eigenvalue weighted by atomic mass is 19.1. The fraction of sp³-hybridized carbons (Fsp3) is 0.429. The average Bonchev–Trinajstić information content (AvgIpc) is 3.29. The van der Waals surface area contributed by atoms with Gasteiger partial charge in [-0.1, -0.05) is 6.92 Å². The lowest BCUT2D eigenvalue weighted by Gasteiger charge is -2.31. The monoisotopic (exact) mass is 537 g/mol. The Morgan fingerprint density at radius 2 is 2.08 bits per heavy atom. The summed E-state index contributed by atoms with van der Waals surface area (Å²) in [5.41, 5.74) is 1.74. The van der Waals surface area contributed by atoms with Gasteiger partial charge in [0, 0.05) is 35.6 Å². The number of carbonyl (C=O) groups excluding carboxylic acids is 2. The number of pyridine rings is 2. The fourth-order valence-electron chi connectivity index (χ4n) is 6.22. The zero-order valence-corrected chi connectivity index (χ0v) is 21.5. The van der Waals surface area contributed by atoms with E-state index in [0.717, 1.165) is 5.56 Å². The molecule has 0 fully saturated rings. The number of hydrogen-bond acceptors (Lipinski definition) is 8. The lowest BCUT2D eigenvalue weighted by molar-refractivity contribution is -0.172. The van der Waals surface area contributed by atoms with Gasteiger partial charge in [0.25, 0.3) is 5.56 Å². The molecular formula is C28H28FN3O7. The van der Waals surface area contributed by atoms with Crippen LogP contribution in [0.3, 0.4) is 0 Å². The van der Waals surface area contributed by atoms with E-state index in [2.05, 4.69) is 5.32 Å². The van der Waals surface area contributed by atoms with Crippen molar-refractivity contribution in [3.8, 4) is 11.4 Å². The number of benzene rings is 1. The molecule has 0 spiro atoms. The summed E-state index contributed by atoms with van der Waals surface area (Å²) < 4.78 is 21.6. The van der Waals surface area contributed by atoms with Crippen LogP contribution in [-0.2, 0) is 39.5 Å². The van der Waals surface area contributed by atoms with Crippen LogP contribution in [0, 0.1) is 12.7 Å². The standard InChI is InChI=1S/C28H28FN3O7/c1-3-28(38)16-8-20-24-14(10-32(20)26(36)15(16)11-39-27(28)37)23-18(31-25(35)21(34)6-7-33)5-4-13-12(2)17(29)9-19(30-24)22(13)23/h8-9,18,21,33-34,38H,3-7,10-11H2,1-2H3,(H,31,35)/t18-,21+,28-/m0/s1. The maximum absolute atomic E-state index is 15.0. The Labute approximate surface area is 222 Å². The molecule has 204 valence electrons. The maximum atomic E-state index is 15.0. The molecule has 4 N–H and O–H groups in total. The first-order valence-electron chi connectivity index (χ1n) is 13.0. The number of halogens is 1. The molecule has 0 radical (unpaired) electrons. The van der Waals surface area contributed by atoms with E-state index in [0.29, 0.717) is 51.8 Å². The number of nitrogens with zero attached hydrogens (tertiary/aromatic N) is 2. The minimum absolute atomic E-state index is 0.00308. The Kier molecular flexibility index (Phi) is 5.87. The number of aromatic nitrogens is 2. The Morgan fingerprint density at radius 3 is 2.79 bits per heavy atom. The third-order valence-electron chi connectivity index (χ3n) is 8.40. The molecule has 0 unspecified atom stereocenters. The molecule has 3 atom stereocenters. The maximum Gasteiger partial charge on any atom is 0.343 e. The molecule has 2 aliphatic heterocycles. The molecule has 1 amide bonds. The first-order valence-corrected chi connectivity index (χ1v) is 13.0. The van der Waals surface area contributed by atoms with Crippen LogP contribution < -0.4 is 10.9 Å². The zero-order valence-electron chi connectivity index (χ0n) is 21.5. The number of aliphatic hydroxyl groups is 3. The van der Waals surface area contributed by atoms with E-state index in [-0.39, 0.29) is 43.7 Å². The second-order valence-corrected chi connectivity index (χ2v) is 10.4. The third-order valence-corrected chi connectivity index (χ3v) is 8.40. The van der Waals surface area contributed by atoms with Crippen molar-refractivity contribution >= 4 is 22.8 Å². The van der Waals surface area contributed by atoms with Crippen LogP contribution >= 0.6 is 0 Å². The van der Waals surface area contributed by atoms with Crippen LogP contribution in [-0.4, -0.2) is 49.5 Å². The van der Waals surface area contributed by atoms with Crippen molar-refractivity contribution in [1.29, 1.82) is 0 Å². The number of hydrogen-bond donors (Lipinski definition) is 4. The molecule has 0 saturated carbocycles. The van der Waals surface area contributed by atoms with Gasteiger partial charge in [-0.2, -0.15) is 0 Å². The third kappa shape index (κ3) is 3.56. The van der Waals surface area contributed by atoms with Crippen molar-refractivity contribution in [3.05, 3.63) is 61.7 Å². The molecule has 1 aromatic carbocycles. The Bertz CT molecular complexity index is 1650. The van der Waals surface area contributed by atoms with Crippen LogP contribution in [0.25, 0.3) is 22.3 Å². The molecule has 6 rings (SSSR count). The molecule has 1 aliphatic carbocycles. The molecule has 39 heavy (non-hydrogen) atoms. The van der Waals surface area contributed by atoms with Gasteiger partial charge in [0.1, 0.15) is 18.5 Å². The van der Waals surface area contributed by atoms with Crippen LogP contribution in [0.4, 0.5) is 4.39 Å². The highest BCUT2D eigenvalue weighted by molar-refractivity contribution is 5.94. The summed E-state index contributed by atoms with van der Waals surface area (Å²) in [4.78, 5) is 43.7. The van der Waals surface area contributed by atoms with E-state index in [1.165, 1.54) is 10.6 Å². The molecule has 3 aromatic rings. The zero-order chi connectivity index (χ0) is 27.8. The van der Waals surface area contributed by atoms with E-state index < -0.39 is 41.0 Å². The number of nitrogens with one attached hydrogen (secondary N) is 1. The van der Waals surface area contributed by atoms with Crippen molar-refractivity contribution in [2.24, 2.45) is 0 Å². The number of cyclic esters (lactones) is 1. The minimum atomic E-state index is -1.98. The highest BCUT2D eigenvalue weighted by Gasteiger charge is 2.46. The van der Waals surface area contributed by atoms with Gasteiger partial charge in [-0.25, -0.2) is 14.2 Å². The number of ether oxygens (including phenoxy) is 1. The van der Waals surface area contributed by atoms with Gasteiger partial charge in [-0.15, -0.1) is 0 Å². The number of aryl methyl sites for hydroxylation is 1. The van der Waals surface area contributed by atoms with Crippen LogP contribution in [0.15, 0.2) is 16.9 Å². The summed E-state index contributed by atoms with van der Waals surface area (Å²) in [5.74, 6) is -1.88. The Balaban J connectivity index is 1.60. The topological polar surface area (TPSA) is 151 Å². The van der Waals surface area contributed by atoms with Crippen LogP contribution in [0.2, 0.25) is 0 Å².